The van der Waals surface area contributed by atoms with Gasteiger partial charge >= 0.3 is 10.2 Å². The van der Waals surface area contributed by atoms with Crippen LogP contribution in [0, 0.1) is 5.82 Å². The Kier molecular flexibility index (Phi) is 7.39. The molecule has 2 atom stereocenters. The maximum Gasteiger partial charge on any atom is 0.305 e. The van der Waals surface area contributed by atoms with Gasteiger partial charge in [-0.25, -0.2) is 18.7 Å². The third kappa shape index (κ3) is 5.39. The van der Waals surface area contributed by atoms with Crippen molar-refractivity contribution in [3.63, 3.8) is 0 Å². The number of likely N-dealkylation sites (tertiary alicyclic amines) is 1. The largest absolute Gasteiger partial charge is 0.491 e. The van der Waals surface area contributed by atoms with Crippen LogP contribution in [0.5, 0.6) is 5.75 Å². The van der Waals surface area contributed by atoms with Crippen LogP contribution in [0.1, 0.15) is 45.0 Å². The minimum Gasteiger partial charge on any atom is -0.491 e. The van der Waals surface area contributed by atoms with Gasteiger partial charge in [0.15, 0.2) is 0 Å². The van der Waals surface area contributed by atoms with Crippen molar-refractivity contribution in [2.24, 2.45) is 0 Å². The standard InChI is InChI=1S/C28H34FN5O3S/c1-21(2)37-26-10-4-7-23(15-26)18-32-14-11-28(17-22(32)3)20-33(19-27-30-12-6-13-31-27)38(35,36)34(28)25-9-5-8-24(29)16-25/h4-10,12-13,15-16,21-22H,11,14,17-20H2,1-3H3/t22-,28+/m0/s1. The van der Waals surface area contributed by atoms with E-state index in [0.717, 1.165) is 17.9 Å². The summed E-state index contributed by atoms with van der Waals surface area (Å²) in [6, 6.07) is 15.8. The Morgan fingerprint density at radius 2 is 1.84 bits per heavy atom. The van der Waals surface area contributed by atoms with Crippen molar-refractivity contribution in [3.05, 3.63) is 84.2 Å². The minimum absolute atomic E-state index is 0.0669. The summed E-state index contributed by atoms with van der Waals surface area (Å²) < 4.78 is 50.9. The summed E-state index contributed by atoms with van der Waals surface area (Å²) >= 11 is 0. The fourth-order valence-corrected chi connectivity index (χ4v) is 7.70. The molecule has 0 radical (unpaired) electrons. The number of rotatable bonds is 7. The first-order valence-electron chi connectivity index (χ1n) is 13.0. The molecule has 38 heavy (non-hydrogen) atoms. The van der Waals surface area contributed by atoms with Gasteiger partial charge in [0.25, 0.3) is 0 Å². The molecule has 5 rings (SSSR count). The summed E-state index contributed by atoms with van der Waals surface area (Å²) in [5.41, 5.74) is 0.787. The number of halogens is 1. The Morgan fingerprint density at radius 3 is 2.55 bits per heavy atom. The predicted octanol–water partition coefficient (Wildman–Crippen LogP) is 4.39. The molecular formula is C28H34FN5O3S. The lowest BCUT2D eigenvalue weighted by Gasteiger charge is -2.47. The molecule has 2 aromatic carbocycles. The van der Waals surface area contributed by atoms with Crippen molar-refractivity contribution in [3.8, 4) is 5.75 Å². The van der Waals surface area contributed by atoms with Crippen LogP contribution in [0.2, 0.25) is 0 Å². The zero-order valence-corrected chi connectivity index (χ0v) is 22.8. The highest BCUT2D eigenvalue weighted by Crippen LogP contribution is 2.45. The van der Waals surface area contributed by atoms with Gasteiger partial charge in [-0.1, -0.05) is 18.2 Å². The first-order chi connectivity index (χ1) is 18.2. The Morgan fingerprint density at radius 1 is 1.08 bits per heavy atom. The van der Waals surface area contributed by atoms with Crippen LogP contribution in [0.15, 0.2) is 67.0 Å². The van der Waals surface area contributed by atoms with Gasteiger partial charge in [0, 0.05) is 38.1 Å². The Bertz CT molecular complexity index is 1370. The quantitative estimate of drug-likeness (QED) is 0.443. The second kappa shape index (κ2) is 10.6. The molecule has 0 bridgehead atoms. The van der Waals surface area contributed by atoms with E-state index in [9.17, 15) is 12.8 Å². The molecule has 0 saturated carbocycles. The van der Waals surface area contributed by atoms with E-state index in [1.165, 1.54) is 20.7 Å². The number of piperidine rings is 1. The summed E-state index contributed by atoms with van der Waals surface area (Å²) in [5, 5.41) is 0. The summed E-state index contributed by atoms with van der Waals surface area (Å²) in [6.07, 6.45) is 4.53. The fourth-order valence-electron chi connectivity index (χ4n) is 5.69. The third-order valence-corrected chi connectivity index (χ3v) is 9.23. The molecule has 2 aliphatic heterocycles. The Balaban J connectivity index is 1.42. The molecule has 2 aliphatic rings. The second-order valence-corrected chi connectivity index (χ2v) is 12.3. The molecule has 1 aromatic heterocycles. The topological polar surface area (TPSA) is 78.9 Å². The van der Waals surface area contributed by atoms with Crippen molar-refractivity contribution in [2.45, 2.75) is 64.4 Å². The van der Waals surface area contributed by atoms with E-state index in [4.69, 9.17) is 4.74 Å². The monoisotopic (exact) mass is 539 g/mol. The van der Waals surface area contributed by atoms with Gasteiger partial charge in [-0.3, -0.25) is 4.90 Å². The van der Waals surface area contributed by atoms with Gasteiger partial charge < -0.3 is 4.74 Å². The van der Waals surface area contributed by atoms with Crippen LogP contribution in [0.4, 0.5) is 10.1 Å². The van der Waals surface area contributed by atoms with Crippen LogP contribution in [0.25, 0.3) is 0 Å². The lowest BCUT2D eigenvalue weighted by molar-refractivity contribution is 0.0981. The van der Waals surface area contributed by atoms with Crippen LogP contribution in [0.3, 0.4) is 0 Å². The lowest BCUT2D eigenvalue weighted by Crippen LogP contribution is -2.57. The van der Waals surface area contributed by atoms with E-state index in [-0.39, 0.29) is 18.7 Å². The van der Waals surface area contributed by atoms with Gasteiger partial charge in [0.05, 0.1) is 23.9 Å². The van der Waals surface area contributed by atoms with Crippen molar-refractivity contribution in [1.82, 2.24) is 19.2 Å². The number of anilines is 1. The maximum atomic E-state index is 14.3. The van der Waals surface area contributed by atoms with Gasteiger partial charge in [-0.15, -0.1) is 0 Å². The molecule has 8 nitrogen and oxygen atoms in total. The SMILES string of the molecule is CC(C)Oc1cccc(CN2CC[C@@]3(C[C@@H]2C)CN(Cc2ncccn2)S(=O)(=O)N3c2cccc(F)c2)c1. The van der Waals surface area contributed by atoms with E-state index >= 15 is 0 Å². The van der Waals surface area contributed by atoms with E-state index < -0.39 is 21.6 Å². The highest BCUT2D eigenvalue weighted by Gasteiger charge is 2.56. The molecule has 10 heteroatoms. The summed E-state index contributed by atoms with van der Waals surface area (Å²) in [6.45, 7) is 7.94. The minimum atomic E-state index is -3.94. The molecule has 1 spiro atoms. The van der Waals surface area contributed by atoms with Gasteiger partial charge in [-0.2, -0.15) is 12.7 Å². The zero-order valence-electron chi connectivity index (χ0n) is 22.0. The number of ether oxygens (including phenoxy) is 1. The van der Waals surface area contributed by atoms with E-state index in [2.05, 4.69) is 33.9 Å². The van der Waals surface area contributed by atoms with Crippen LogP contribution >= 0.6 is 0 Å². The maximum absolute atomic E-state index is 14.3. The molecule has 3 heterocycles. The zero-order chi connectivity index (χ0) is 26.9. The summed E-state index contributed by atoms with van der Waals surface area (Å²) in [4.78, 5) is 10.8. The smallest absolute Gasteiger partial charge is 0.305 e. The van der Waals surface area contributed by atoms with Crippen LogP contribution < -0.4 is 9.04 Å². The molecule has 0 amide bonds. The van der Waals surface area contributed by atoms with Crippen molar-refractivity contribution < 1.29 is 17.5 Å². The van der Waals surface area contributed by atoms with E-state index in [1.54, 1.807) is 30.6 Å². The van der Waals surface area contributed by atoms with Crippen molar-refractivity contribution in [2.75, 3.05) is 17.4 Å². The fraction of sp³-hybridized carbons (Fsp3) is 0.429. The average molecular weight is 540 g/mol. The first kappa shape index (κ1) is 26.5. The van der Waals surface area contributed by atoms with Crippen molar-refractivity contribution in [1.29, 1.82) is 0 Å². The molecule has 0 N–H and O–H groups in total. The van der Waals surface area contributed by atoms with Gasteiger partial charge in [0.2, 0.25) is 0 Å². The second-order valence-electron chi connectivity index (χ2n) is 10.5. The normalized spacial score (nSPS) is 23.8. The molecule has 2 fully saturated rings. The average Bonchev–Trinajstić information content (AvgIpc) is 3.06. The van der Waals surface area contributed by atoms with E-state index in [1.807, 2.05) is 26.0 Å². The summed E-state index contributed by atoms with van der Waals surface area (Å²) in [5.74, 6) is 0.810. The summed E-state index contributed by atoms with van der Waals surface area (Å²) in [7, 11) is -3.94. The first-order valence-corrected chi connectivity index (χ1v) is 14.4. The van der Waals surface area contributed by atoms with Crippen molar-refractivity contribution >= 4 is 15.9 Å². The van der Waals surface area contributed by atoms with E-state index in [0.29, 0.717) is 37.4 Å². The van der Waals surface area contributed by atoms with Crippen LogP contribution in [-0.4, -0.2) is 58.4 Å². The highest BCUT2D eigenvalue weighted by molar-refractivity contribution is 7.90. The molecule has 2 saturated heterocycles. The highest BCUT2D eigenvalue weighted by atomic mass is 32.2. The van der Waals surface area contributed by atoms with Crippen LogP contribution in [-0.2, 0) is 23.3 Å². The van der Waals surface area contributed by atoms with Gasteiger partial charge in [-0.05, 0) is 75.6 Å². The van der Waals surface area contributed by atoms with Gasteiger partial charge in [0.1, 0.15) is 17.4 Å². The number of nitrogens with zero attached hydrogens (tertiary/aromatic N) is 5. The molecule has 202 valence electrons. The molecular weight excluding hydrogens is 505 g/mol. The number of aromatic nitrogens is 2. The third-order valence-electron chi connectivity index (χ3n) is 7.26. The number of benzene rings is 2. The Labute approximate surface area is 224 Å². The predicted molar refractivity (Wildman–Crippen MR) is 144 cm³/mol. The molecule has 0 aliphatic carbocycles. The number of hydrogen-bond donors (Lipinski definition) is 0. The number of hydrogen-bond acceptors (Lipinski definition) is 6. The lowest BCUT2D eigenvalue weighted by atomic mass is 9.82. The Hall–Kier alpha value is -3.08. The molecule has 3 aromatic rings. The molecule has 0 unspecified atom stereocenters.